The van der Waals surface area contributed by atoms with Crippen LogP contribution in [0.25, 0.3) is 6.08 Å². The zero-order valence-electron chi connectivity index (χ0n) is 10.1. The molecule has 0 aromatic heterocycles. The van der Waals surface area contributed by atoms with Crippen LogP contribution in [0.4, 0.5) is 0 Å². The Morgan fingerprint density at radius 2 is 1.88 bits per heavy atom. The molecule has 0 unspecified atom stereocenters. The van der Waals surface area contributed by atoms with Crippen LogP contribution in [0.2, 0.25) is 0 Å². The van der Waals surface area contributed by atoms with E-state index in [1.165, 1.54) is 24.3 Å². The van der Waals surface area contributed by atoms with Crippen LogP contribution in [0.5, 0.6) is 11.5 Å². The molecule has 0 aliphatic heterocycles. The highest BCUT2D eigenvalue weighted by Gasteiger charge is 2.13. The lowest BCUT2D eigenvalue weighted by molar-refractivity contribution is -0.148. The minimum absolute atomic E-state index is 0.195. The zero-order valence-corrected chi connectivity index (χ0v) is 10.1. The summed E-state index contributed by atoms with van der Waals surface area (Å²) >= 11 is 0. The number of carbonyl (C=O) groups is 1. The molecule has 1 aromatic carbocycles. The average Bonchev–Trinajstić information content (AvgIpc) is 2.17. The maximum absolute atomic E-state index is 11.4. The molecule has 2 N–H and O–H groups in total. The van der Waals surface area contributed by atoms with Gasteiger partial charge in [-0.2, -0.15) is 0 Å². The predicted molar refractivity (Wildman–Crippen MR) is 64.7 cm³/mol. The second-order valence-corrected chi connectivity index (χ2v) is 4.61. The van der Waals surface area contributed by atoms with Gasteiger partial charge in [-0.05, 0) is 44.5 Å². The first-order valence-electron chi connectivity index (χ1n) is 5.21. The molecule has 92 valence electrons. The van der Waals surface area contributed by atoms with Crippen LogP contribution in [0.1, 0.15) is 26.3 Å². The summed E-state index contributed by atoms with van der Waals surface area (Å²) in [5.41, 5.74) is 0.0737. The maximum Gasteiger partial charge on any atom is 0.331 e. The topological polar surface area (TPSA) is 66.8 Å². The second-order valence-electron chi connectivity index (χ2n) is 4.61. The minimum Gasteiger partial charge on any atom is -0.504 e. The van der Waals surface area contributed by atoms with Crippen LogP contribution < -0.4 is 0 Å². The van der Waals surface area contributed by atoms with Gasteiger partial charge in [0, 0.05) is 6.08 Å². The lowest BCUT2D eigenvalue weighted by Crippen LogP contribution is -2.22. The summed E-state index contributed by atoms with van der Waals surface area (Å²) in [4.78, 5) is 11.4. The van der Waals surface area contributed by atoms with Crippen molar-refractivity contribution in [2.45, 2.75) is 26.4 Å². The quantitative estimate of drug-likeness (QED) is 0.470. The Hall–Kier alpha value is -1.97. The summed E-state index contributed by atoms with van der Waals surface area (Å²) in [7, 11) is 0. The molecule has 0 aliphatic carbocycles. The molecule has 0 radical (unpaired) electrons. The molecule has 17 heavy (non-hydrogen) atoms. The van der Waals surface area contributed by atoms with E-state index in [1.807, 2.05) is 0 Å². The fourth-order valence-electron chi connectivity index (χ4n) is 1.14. The summed E-state index contributed by atoms with van der Waals surface area (Å²) in [5.74, 6) is -0.874. The Bertz CT molecular complexity index is 441. The van der Waals surface area contributed by atoms with Crippen molar-refractivity contribution < 1.29 is 19.7 Å². The molecule has 0 heterocycles. The Labute approximate surface area is 100 Å². The van der Waals surface area contributed by atoms with Crippen molar-refractivity contribution in [3.8, 4) is 11.5 Å². The third-order valence-electron chi connectivity index (χ3n) is 1.82. The van der Waals surface area contributed by atoms with E-state index in [2.05, 4.69) is 0 Å². The fourth-order valence-corrected chi connectivity index (χ4v) is 1.14. The molecule has 0 fully saturated rings. The van der Waals surface area contributed by atoms with Gasteiger partial charge in [-0.25, -0.2) is 4.79 Å². The van der Waals surface area contributed by atoms with E-state index >= 15 is 0 Å². The number of esters is 1. The molecule has 0 saturated heterocycles. The van der Waals surface area contributed by atoms with Crippen molar-refractivity contribution in [2.24, 2.45) is 0 Å². The fraction of sp³-hybridized carbons (Fsp3) is 0.308. The number of benzene rings is 1. The second kappa shape index (κ2) is 4.91. The molecule has 0 aliphatic rings. The maximum atomic E-state index is 11.4. The number of ether oxygens (including phenoxy) is 1. The van der Waals surface area contributed by atoms with Crippen LogP contribution in [-0.4, -0.2) is 21.8 Å². The average molecular weight is 236 g/mol. The van der Waals surface area contributed by atoms with Crippen molar-refractivity contribution in [3.05, 3.63) is 29.8 Å². The molecular formula is C13H16O4. The van der Waals surface area contributed by atoms with E-state index in [1.54, 1.807) is 26.8 Å². The van der Waals surface area contributed by atoms with E-state index in [0.29, 0.717) is 5.56 Å². The van der Waals surface area contributed by atoms with Gasteiger partial charge in [0.15, 0.2) is 11.5 Å². The van der Waals surface area contributed by atoms with Gasteiger partial charge in [-0.3, -0.25) is 0 Å². The van der Waals surface area contributed by atoms with Crippen molar-refractivity contribution >= 4 is 12.0 Å². The monoisotopic (exact) mass is 236 g/mol. The van der Waals surface area contributed by atoms with Crippen LogP contribution in [0.15, 0.2) is 24.3 Å². The number of rotatable bonds is 2. The summed E-state index contributed by atoms with van der Waals surface area (Å²) in [5, 5.41) is 18.4. The zero-order chi connectivity index (χ0) is 13.1. The molecule has 0 spiro atoms. The molecule has 1 aromatic rings. The Morgan fingerprint density at radius 1 is 1.24 bits per heavy atom. The highest BCUT2D eigenvalue weighted by molar-refractivity contribution is 5.87. The summed E-state index contributed by atoms with van der Waals surface area (Å²) in [6, 6.07) is 4.29. The van der Waals surface area contributed by atoms with Crippen molar-refractivity contribution in [2.75, 3.05) is 0 Å². The summed E-state index contributed by atoms with van der Waals surface area (Å²) in [6.07, 6.45) is 2.78. The Morgan fingerprint density at radius 3 is 2.41 bits per heavy atom. The Kier molecular flexibility index (Phi) is 3.78. The van der Waals surface area contributed by atoms with E-state index in [-0.39, 0.29) is 11.5 Å². The van der Waals surface area contributed by atoms with E-state index in [4.69, 9.17) is 9.84 Å². The van der Waals surface area contributed by atoms with Gasteiger partial charge in [0.25, 0.3) is 0 Å². The summed E-state index contributed by atoms with van der Waals surface area (Å²) in [6.45, 7) is 5.35. The highest BCUT2D eigenvalue weighted by atomic mass is 16.6. The molecule has 0 saturated carbocycles. The first kappa shape index (κ1) is 13.1. The lowest BCUT2D eigenvalue weighted by Gasteiger charge is -2.17. The largest absolute Gasteiger partial charge is 0.504 e. The first-order chi connectivity index (χ1) is 7.78. The van der Waals surface area contributed by atoms with E-state index in [0.717, 1.165) is 0 Å². The van der Waals surface area contributed by atoms with Crippen LogP contribution >= 0.6 is 0 Å². The van der Waals surface area contributed by atoms with Gasteiger partial charge < -0.3 is 14.9 Å². The van der Waals surface area contributed by atoms with Gasteiger partial charge in [0.2, 0.25) is 0 Å². The van der Waals surface area contributed by atoms with Gasteiger partial charge in [-0.1, -0.05) is 6.07 Å². The van der Waals surface area contributed by atoms with Crippen molar-refractivity contribution in [3.63, 3.8) is 0 Å². The third kappa shape index (κ3) is 4.59. The minimum atomic E-state index is -0.529. The van der Waals surface area contributed by atoms with Gasteiger partial charge in [-0.15, -0.1) is 0 Å². The van der Waals surface area contributed by atoms with Gasteiger partial charge in [0.05, 0.1) is 0 Å². The van der Waals surface area contributed by atoms with Crippen LogP contribution in [0.3, 0.4) is 0 Å². The number of aromatic hydroxyl groups is 2. The predicted octanol–water partition coefficient (Wildman–Crippen LogP) is 2.45. The number of phenolic OH excluding ortho intramolecular Hbond substituents is 2. The van der Waals surface area contributed by atoms with Gasteiger partial charge >= 0.3 is 5.97 Å². The van der Waals surface area contributed by atoms with Crippen LogP contribution in [0, 0.1) is 0 Å². The number of hydrogen-bond acceptors (Lipinski definition) is 4. The standard InChI is InChI=1S/C13H16O4/c1-13(2,3)17-12(16)7-5-9-4-6-10(14)11(15)8-9/h4-8,14-15H,1-3H3. The normalized spacial score (nSPS) is 11.7. The lowest BCUT2D eigenvalue weighted by atomic mass is 10.2. The highest BCUT2D eigenvalue weighted by Crippen LogP contribution is 2.25. The first-order valence-corrected chi connectivity index (χ1v) is 5.21. The van der Waals surface area contributed by atoms with E-state index < -0.39 is 11.6 Å². The molecule has 0 amide bonds. The molecule has 4 nitrogen and oxygen atoms in total. The number of hydrogen-bond donors (Lipinski definition) is 2. The Balaban J connectivity index is 2.71. The van der Waals surface area contributed by atoms with Crippen molar-refractivity contribution in [1.82, 2.24) is 0 Å². The number of phenols is 2. The van der Waals surface area contributed by atoms with E-state index in [9.17, 15) is 9.90 Å². The summed E-state index contributed by atoms with van der Waals surface area (Å²) < 4.78 is 5.08. The third-order valence-corrected chi connectivity index (χ3v) is 1.82. The number of carbonyl (C=O) groups excluding carboxylic acids is 1. The SMILES string of the molecule is CC(C)(C)OC(=O)C=Cc1ccc(O)c(O)c1. The van der Waals surface area contributed by atoms with Gasteiger partial charge in [0.1, 0.15) is 5.60 Å². The molecule has 0 bridgehead atoms. The molecule has 0 atom stereocenters. The smallest absolute Gasteiger partial charge is 0.331 e. The molecular weight excluding hydrogens is 220 g/mol. The van der Waals surface area contributed by atoms with Crippen LogP contribution in [-0.2, 0) is 9.53 Å². The molecule has 4 heteroatoms. The van der Waals surface area contributed by atoms with Crippen molar-refractivity contribution in [1.29, 1.82) is 0 Å². The molecule has 1 rings (SSSR count).